The van der Waals surface area contributed by atoms with Crippen LogP contribution in [-0.4, -0.2) is 35.4 Å². The summed E-state index contributed by atoms with van der Waals surface area (Å²) in [6.45, 7) is 8.15. The predicted molar refractivity (Wildman–Crippen MR) is 135 cm³/mol. The van der Waals surface area contributed by atoms with E-state index in [1.54, 1.807) is 26.9 Å². The molecule has 0 bridgehead atoms. The first-order chi connectivity index (χ1) is 16.2. The number of carbonyl (C=O) groups excluding carboxylic acids is 1. The maximum absolute atomic E-state index is 13.7. The molecule has 172 valence electrons. The summed E-state index contributed by atoms with van der Waals surface area (Å²) in [5.41, 5.74) is 3.33. The molecule has 0 aromatic carbocycles. The molecule has 0 radical (unpaired) electrons. The van der Waals surface area contributed by atoms with Gasteiger partial charge >= 0.3 is 0 Å². The Kier molecular flexibility index (Phi) is 5.28. The maximum Gasteiger partial charge on any atom is 0.257 e. The highest BCUT2D eigenvalue weighted by Gasteiger charge is 2.24. The molecular weight excluding hydrogens is 446 g/mol. The minimum absolute atomic E-state index is 0.199. The Labute approximate surface area is 201 Å². The van der Waals surface area contributed by atoms with Gasteiger partial charge in [-0.3, -0.25) is 9.48 Å². The maximum atomic E-state index is 13.7. The summed E-state index contributed by atoms with van der Waals surface area (Å²) in [6, 6.07) is 13.3. The van der Waals surface area contributed by atoms with Crippen LogP contribution in [0.2, 0.25) is 0 Å². The highest BCUT2D eigenvalue weighted by molar-refractivity contribution is 7.13. The number of anilines is 1. The average molecular weight is 472 g/mol. The monoisotopic (exact) mass is 471 g/mol. The van der Waals surface area contributed by atoms with Crippen molar-refractivity contribution >= 4 is 34.1 Å². The average Bonchev–Trinajstić information content (AvgIpc) is 3.54. The van der Waals surface area contributed by atoms with Gasteiger partial charge in [0.1, 0.15) is 5.82 Å². The lowest BCUT2D eigenvalue weighted by Crippen LogP contribution is -2.16. The Balaban J connectivity index is 1.63. The zero-order valence-electron chi connectivity index (χ0n) is 19.7. The van der Waals surface area contributed by atoms with Crippen LogP contribution in [0, 0.1) is 6.92 Å². The molecule has 5 aromatic rings. The van der Waals surface area contributed by atoms with Gasteiger partial charge in [0, 0.05) is 24.7 Å². The van der Waals surface area contributed by atoms with Crippen LogP contribution in [0.25, 0.3) is 27.4 Å². The molecule has 0 aliphatic rings. The van der Waals surface area contributed by atoms with Crippen molar-refractivity contribution in [3.63, 3.8) is 0 Å². The van der Waals surface area contributed by atoms with E-state index in [1.165, 1.54) is 0 Å². The second kappa shape index (κ2) is 8.18. The fraction of sp³-hybridized carbons (Fsp3) is 0.240. The van der Waals surface area contributed by atoms with Gasteiger partial charge in [-0.1, -0.05) is 32.9 Å². The van der Waals surface area contributed by atoms with Crippen LogP contribution in [0.1, 0.15) is 42.5 Å². The van der Waals surface area contributed by atoms with Gasteiger partial charge in [-0.05, 0) is 36.6 Å². The third-order valence-corrected chi connectivity index (χ3v) is 6.46. The van der Waals surface area contributed by atoms with E-state index in [4.69, 9.17) is 10.1 Å². The van der Waals surface area contributed by atoms with E-state index in [1.807, 2.05) is 61.8 Å². The molecule has 1 amide bonds. The molecular formula is C25H25N7OS. The number of hydrogen-bond acceptors (Lipinski definition) is 6. The van der Waals surface area contributed by atoms with Crippen LogP contribution >= 0.6 is 11.3 Å². The molecule has 5 aromatic heterocycles. The van der Waals surface area contributed by atoms with Crippen molar-refractivity contribution in [2.45, 2.75) is 33.1 Å². The summed E-state index contributed by atoms with van der Waals surface area (Å²) in [5, 5.41) is 15.1. The third kappa shape index (κ3) is 3.88. The zero-order valence-corrected chi connectivity index (χ0v) is 20.5. The quantitative estimate of drug-likeness (QED) is 0.392. The van der Waals surface area contributed by atoms with Crippen LogP contribution in [0.3, 0.4) is 0 Å². The van der Waals surface area contributed by atoms with Gasteiger partial charge in [-0.15, -0.1) is 11.3 Å². The second-order valence-electron chi connectivity index (χ2n) is 9.16. The van der Waals surface area contributed by atoms with E-state index >= 15 is 0 Å². The summed E-state index contributed by atoms with van der Waals surface area (Å²) in [4.78, 5) is 23.9. The van der Waals surface area contributed by atoms with Crippen LogP contribution in [0.4, 0.5) is 5.82 Å². The summed E-state index contributed by atoms with van der Waals surface area (Å²) in [5.74, 6) is 0.932. The molecule has 0 spiro atoms. The number of aromatic nitrogens is 6. The van der Waals surface area contributed by atoms with Gasteiger partial charge in [0.15, 0.2) is 11.5 Å². The normalized spacial score (nSPS) is 11.8. The van der Waals surface area contributed by atoms with Crippen LogP contribution in [-0.2, 0) is 12.5 Å². The highest BCUT2D eigenvalue weighted by Crippen LogP contribution is 2.31. The van der Waals surface area contributed by atoms with Gasteiger partial charge in [-0.25, -0.2) is 9.97 Å². The molecule has 0 unspecified atom stereocenters. The van der Waals surface area contributed by atoms with Crippen LogP contribution < -0.4 is 5.32 Å². The number of aryl methyl sites for hydroxylation is 2. The lowest BCUT2D eigenvalue weighted by Gasteiger charge is -2.13. The largest absolute Gasteiger partial charge is 0.306 e. The number of carbonyl (C=O) groups is 1. The minimum Gasteiger partial charge on any atom is -0.306 e. The summed E-state index contributed by atoms with van der Waals surface area (Å²) in [7, 11) is 1.84. The highest BCUT2D eigenvalue weighted by atomic mass is 32.1. The SMILES string of the molecule is Cc1nn(C)c2nc(-c3cccs3)cc(C(=O)Nc3cc(C(C)(C)C)nn3-c3ccccn3)c12. The summed E-state index contributed by atoms with van der Waals surface area (Å²) >= 11 is 1.58. The molecule has 0 aliphatic heterocycles. The van der Waals surface area contributed by atoms with Crippen LogP contribution in [0.15, 0.2) is 54.0 Å². The lowest BCUT2D eigenvalue weighted by molar-refractivity contribution is 0.102. The van der Waals surface area contributed by atoms with Crippen molar-refractivity contribution in [2.24, 2.45) is 7.05 Å². The van der Waals surface area contributed by atoms with Crippen molar-refractivity contribution in [3.05, 3.63) is 71.0 Å². The molecule has 5 heterocycles. The number of pyridine rings is 2. The number of hydrogen-bond donors (Lipinski definition) is 1. The Morgan fingerprint density at radius 1 is 1.09 bits per heavy atom. The fourth-order valence-electron chi connectivity index (χ4n) is 3.85. The molecule has 8 nitrogen and oxygen atoms in total. The second-order valence-corrected chi connectivity index (χ2v) is 10.1. The Morgan fingerprint density at radius 2 is 1.91 bits per heavy atom. The number of nitrogens with zero attached hydrogens (tertiary/aromatic N) is 6. The lowest BCUT2D eigenvalue weighted by atomic mass is 9.92. The number of rotatable bonds is 4. The predicted octanol–water partition coefficient (Wildman–Crippen LogP) is 5.14. The molecule has 0 saturated carbocycles. The van der Waals surface area contributed by atoms with Gasteiger partial charge in [0.25, 0.3) is 5.91 Å². The fourth-order valence-corrected chi connectivity index (χ4v) is 4.53. The Hall–Kier alpha value is -3.85. The first kappa shape index (κ1) is 22.0. The summed E-state index contributed by atoms with van der Waals surface area (Å²) < 4.78 is 3.39. The van der Waals surface area contributed by atoms with Crippen molar-refractivity contribution in [1.29, 1.82) is 0 Å². The molecule has 5 rings (SSSR count). The van der Waals surface area contributed by atoms with E-state index in [0.29, 0.717) is 22.8 Å². The van der Waals surface area contributed by atoms with E-state index in [9.17, 15) is 4.79 Å². The molecule has 1 N–H and O–H groups in total. The van der Waals surface area contributed by atoms with Crippen molar-refractivity contribution in [3.8, 4) is 16.4 Å². The van der Waals surface area contributed by atoms with Gasteiger partial charge in [0.05, 0.1) is 32.9 Å². The molecule has 9 heteroatoms. The number of thiophene rings is 1. The number of fused-ring (bicyclic) bond motifs is 1. The summed E-state index contributed by atoms with van der Waals surface area (Å²) in [6.07, 6.45) is 1.71. The van der Waals surface area contributed by atoms with E-state index in [2.05, 4.69) is 36.2 Å². The zero-order chi connectivity index (χ0) is 24.0. The third-order valence-electron chi connectivity index (χ3n) is 5.57. The van der Waals surface area contributed by atoms with E-state index < -0.39 is 0 Å². The van der Waals surface area contributed by atoms with Crippen LogP contribution in [0.5, 0.6) is 0 Å². The van der Waals surface area contributed by atoms with Crippen molar-refractivity contribution < 1.29 is 4.79 Å². The Morgan fingerprint density at radius 3 is 2.59 bits per heavy atom. The minimum atomic E-state index is -0.251. The van der Waals surface area contributed by atoms with Gasteiger partial charge in [-0.2, -0.15) is 14.9 Å². The topological polar surface area (TPSA) is 90.5 Å². The van der Waals surface area contributed by atoms with E-state index in [0.717, 1.165) is 27.3 Å². The Bertz CT molecular complexity index is 1490. The first-order valence-electron chi connectivity index (χ1n) is 10.9. The smallest absolute Gasteiger partial charge is 0.257 e. The van der Waals surface area contributed by atoms with E-state index in [-0.39, 0.29) is 11.3 Å². The molecule has 0 fully saturated rings. The number of nitrogens with one attached hydrogen (secondary N) is 1. The van der Waals surface area contributed by atoms with Crippen molar-refractivity contribution in [1.82, 2.24) is 29.5 Å². The van der Waals surface area contributed by atoms with Gasteiger partial charge in [0.2, 0.25) is 0 Å². The first-order valence-corrected chi connectivity index (χ1v) is 11.8. The molecule has 0 atom stereocenters. The molecule has 34 heavy (non-hydrogen) atoms. The van der Waals surface area contributed by atoms with Crippen molar-refractivity contribution in [2.75, 3.05) is 5.32 Å². The number of amides is 1. The molecule has 0 aliphatic carbocycles. The van der Waals surface area contributed by atoms with Gasteiger partial charge < -0.3 is 5.32 Å². The standard InChI is InChI=1S/C25H25N7OS/c1-15-22-16(13-17(18-9-8-12-34-18)27-23(22)31(5)29-15)24(33)28-21-14-19(25(2,3)4)30-32(21)20-10-6-7-11-26-20/h6-14H,1-5H3,(H,28,33). The molecule has 0 saturated heterocycles.